The summed E-state index contributed by atoms with van der Waals surface area (Å²) in [7, 11) is 0. The van der Waals surface area contributed by atoms with Crippen LogP contribution in [0.4, 0.5) is 5.69 Å². The van der Waals surface area contributed by atoms with Crippen LogP contribution in [0.3, 0.4) is 0 Å². The molecule has 0 aliphatic carbocycles. The zero-order valence-electron chi connectivity index (χ0n) is 15.5. The average Bonchev–Trinajstić information content (AvgIpc) is 3.19. The largest absolute Gasteiger partial charge is 0.325 e. The minimum atomic E-state index is -0.160. The first-order valence-corrected chi connectivity index (χ1v) is 10.7. The number of nitrogens with zero attached hydrogens (tertiary/aromatic N) is 4. The molecular formula is C21H15Cl2N5OS. The molecule has 0 aliphatic heterocycles. The molecule has 2 aromatic heterocycles. The van der Waals surface area contributed by atoms with Crippen LogP contribution in [0.1, 0.15) is 0 Å². The third-order valence-electron chi connectivity index (χ3n) is 4.07. The molecule has 30 heavy (non-hydrogen) atoms. The highest BCUT2D eigenvalue weighted by Crippen LogP contribution is 2.28. The van der Waals surface area contributed by atoms with Crippen molar-refractivity contribution in [3.63, 3.8) is 0 Å². The molecule has 0 unspecified atom stereocenters. The molecule has 2 heterocycles. The number of pyridine rings is 1. The van der Waals surface area contributed by atoms with Gasteiger partial charge in [0.1, 0.15) is 5.69 Å². The van der Waals surface area contributed by atoms with Gasteiger partial charge in [-0.15, -0.1) is 10.2 Å². The van der Waals surface area contributed by atoms with Crippen LogP contribution in [0, 0.1) is 0 Å². The Labute approximate surface area is 187 Å². The highest BCUT2D eigenvalue weighted by molar-refractivity contribution is 7.99. The molecule has 1 N–H and O–H groups in total. The van der Waals surface area contributed by atoms with E-state index >= 15 is 0 Å². The molecule has 4 aromatic rings. The number of rotatable bonds is 6. The second-order valence-corrected chi connectivity index (χ2v) is 7.99. The molecule has 1 amide bonds. The quantitative estimate of drug-likeness (QED) is 0.395. The number of halogens is 2. The van der Waals surface area contributed by atoms with Crippen molar-refractivity contribution < 1.29 is 4.79 Å². The van der Waals surface area contributed by atoms with Crippen LogP contribution in [0.5, 0.6) is 0 Å². The molecule has 0 atom stereocenters. The van der Waals surface area contributed by atoms with Gasteiger partial charge in [-0.25, -0.2) is 0 Å². The maximum Gasteiger partial charge on any atom is 0.234 e. The van der Waals surface area contributed by atoms with E-state index in [4.69, 9.17) is 23.2 Å². The van der Waals surface area contributed by atoms with E-state index in [0.29, 0.717) is 32.4 Å². The third kappa shape index (κ3) is 4.81. The first-order valence-electron chi connectivity index (χ1n) is 8.91. The standard InChI is InChI=1S/C21H15Cl2N5OS/c22-14-4-8-16(9-5-14)25-19(29)13-30-21-27-26-20(18-3-1-2-12-24-18)28(21)17-10-6-15(23)7-11-17/h1-12H,13H2,(H,25,29). The lowest BCUT2D eigenvalue weighted by Crippen LogP contribution is -2.14. The number of anilines is 1. The molecule has 0 aliphatic rings. The van der Waals surface area contributed by atoms with E-state index in [1.807, 2.05) is 34.9 Å². The van der Waals surface area contributed by atoms with Gasteiger partial charge in [-0.2, -0.15) is 0 Å². The minimum Gasteiger partial charge on any atom is -0.325 e. The summed E-state index contributed by atoms with van der Waals surface area (Å²) >= 11 is 13.2. The number of aromatic nitrogens is 4. The predicted octanol–water partition coefficient (Wildman–Crippen LogP) is 5.37. The number of hydrogen-bond donors (Lipinski definition) is 1. The average molecular weight is 456 g/mol. The second kappa shape index (κ2) is 9.30. The summed E-state index contributed by atoms with van der Waals surface area (Å²) in [6.45, 7) is 0. The summed E-state index contributed by atoms with van der Waals surface area (Å²) < 4.78 is 1.86. The summed E-state index contributed by atoms with van der Waals surface area (Å²) in [5.74, 6) is 0.585. The Morgan fingerprint density at radius 3 is 2.30 bits per heavy atom. The van der Waals surface area contributed by atoms with Gasteiger partial charge >= 0.3 is 0 Å². The molecule has 2 aromatic carbocycles. The third-order valence-corrected chi connectivity index (χ3v) is 5.51. The maximum absolute atomic E-state index is 12.4. The lowest BCUT2D eigenvalue weighted by Gasteiger charge is -2.10. The monoisotopic (exact) mass is 455 g/mol. The summed E-state index contributed by atoms with van der Waals surface area (Å²) in [4.78, 5) is 16.8. The Hall–Kier alpha value is -2.87. The van der Waals surface area contributed by atoms with Gasteiger partial charge in [-0.05, 0) is 60.7 Å². The zero-order chi connectivity index (χ0) is 20.9. The van der Waals surface area contributed by atoms with Gasteiger partial charge in [0, 0.05) is 27.6 Å². The van der Waals surface area contributed by atoms with E-state index in [9.17, 15) is 4.79 Å². The molecule has 0 bridgehead atoms. The number of carbonyl (C=O) groups excluding carboxylic acids is 1. The van der Waals surface area contributed by atoms with Gasteiger partial charge < -0.3 is 5.32 Å². The fraction of sp³-hybridized carbons (Fsp3) is 0.0476. The molecule has 0 radical (unpaired) electrons. The topological polar surface area (TPSA) is 72.7 Å². The van der Waals surface area contributed by atoms with Crippen molar-refractivity contribution in [2.45, 2.75) is 5.16 Å². The van der Waals surface area contributed by atoms with Crippen molar-refractivity contribution >= 4 is 46.6 Å². The van der Waals surface area contributed by atoms with E-state index < -0.39 is 0 Å². The number of nitrogens with one attached hydrogen (secondary N) is 1. The van der Waals surface area contributed by atoms with Crippen LogP contribution in [0.2, 0.25) is 10.0 Å². The van der Waals surface area contributed by atoms with Gasteiger partial charge in [-0.1, -0.05) is 41.0 Å². The van der Waals surface area contributed by atoms with Crippen LogP contribution < -0.4 is 5.32 Å². The van der Waals surface area contributed by atoms with Crippen molar-refractivity contribution in [3.8, 4) is 17.2 Å². The van der Waals surface area contributed by atoms with E-state index in [1.54, 1.807) is 42.6 Å². The summed E-state index contributed by atoms with van der Waals surface area (Å²) in [5, 5.41) is 13.2. The predicted molar refractivity (Wildman–Crippen MR) is 120 cm³/mol. The Balaban J connectivity index is 1.58. The SMILES string of the molecule is O=C(CSc1nnc(-c2ccccn2)n1-c1ccc(Cl)cc1)Nc1ccc(Cl)cc1. The van der Waals surface area contributed by atoms with Crippen LogP contribution in [0.15, 0.2) is 78.1 Å². The van der Waals surface area contributed by atoms with Gasteiger partial charge in [-0.3, -0.25) is 14.3 Å². The Kier molecular flexibility index (Phi) is 6.32. The van der Waals surface area contributed by atoms with Crippen LogP contribution in [0.25, 0.3) is 17.2 Å². The lowest BCUT2D eigenvalue weighted by molar-refractivity contribution is -0.113. The van der Waals surface area contributed by atoms with Gasteiger partial charge in [0.05, 0.1) is 5.75 Å². The minimum absolute atomic E-state index is 0.160. The van der Waals surface area contributed by atoms with Crippen molar-refractivity contribution in [3.05, 3.63) is 83.0 Å². The van der Waals surface area contributed by atoms with Crippen molar-refractivity contribution in [2.75, 3.05) is 11.1 Å². The number of thioether (sulfide) groups is 1. The van der Waals surface area contributed by atoms with E-state index in [0.717, 1.165) is 5.69 Å². The maximum atomic E-state index is 12.4. The highest BCUT2D eigenvalue weighted by Gasteiger charge is 2.18. The zero-order valence-corrected chi connectivity index (χ0v) is 17.8. The first kappa shape index (κ1) is 20.4. The second-order valence-electron chi connectivity index (χ2n) is 6.18. The normalized spacial score (nSPS) is 10.7. The van der Waals surface area contributed by atoms with Crippen molar-refractivity contribution in [2.24, 2.45) is 0 Å². The number of benzene rings is 2. The number of amides is 1. The molecule has 0 spiro atoms. The van der Waals surface area contributed by atoms with E-state index in [1.165, 1.54) is 11.8 Å². The molecule has 150 valence electrons. The fourth-order valence-corrected chi connectivity index (χ4v) is 3.71. The number of hydrogen-bond acceptors (Lipinski definition) is 5. The molecule has 0 saturated heterocycles. The summed E-state index contributed by atoms with van der Waals surface area (Å²) in [5.41, 5.74) is 2.18. The molecule has 4 rings (SSSR count). The molecule has 6 nitrogen and oxygen atoms in total. The fourth-order valence-electron chi connectivity index (χ4n) is 2.71. The van der Waals surface area contributed by atoms with E-state index in [-0.39, 0.29) is 11.7 Å². The van der Waals surface area contributed by atoms with Gasteiger partial charge in [0.2, 0.25) is 5.91 Å². The lowest BCUT2D eigenvalue weighted by atomic mass is 10.3. The van der Waals surface area contributed by atoms with Crippen molar-refractivity contribution in [1.29, 1.82) is 0 Å². The summed E-state index contributed by atoms with van der Waals surface area (Å²) in [6, 6.07) is 19.9. The number of carbonyl (C=O) groups is 1. The Bertz CT molecular complexity index is 1150. The smallest absolute Gasteiger partial charge is 0.234 e. The Morgan fingerprint density at radius 1 is 0.933 bits per heavy atom. The van der Waals surface area contributed by atoms with E-state index in [2.05, 4.69) is 20.5 Å². The van der Waals surface area contributed by atoms with Gasteiger partial charge in [0.15, 0.2) is 11.0 Å². The summed E-state index contributed by atoms with van der Waals surface area (Å²) in [6.07, 6.45) is 1.70. The molecule has 9 heteroatoms. The van der Waals surface area contributed by atoms with Gasteiger partial charge in [0.25, 0.3) is 0 Å². The molecular weight excluding hydrogens is 441 g/mol. The van der Waals surface area contributed by atoms with Crippen LogP contribution >= 0.6 is 35.0 Å². The Morgan fingerprint density at radius 2 is 1.63 bits per heavy atom. The molecule has 0 fully saturated rings. The molecule has 0 saturated carbocycles. The first-order chi connectivity index (χ1) is 14.6. The van der Waals surface area contributed by atoms with Crippen molar-refractivity contribution in [1.82, 2.24) is 19.7 Å². The van der Waals surface area contributed by atoms with Crippen LogP contribution in [-0.4, -0.2) is 31.4 Å². The highest BCUT2D eigenvalue weighted by atomic mass is 35.5. The van der Waals surface area contributed by atoms with Crippen LogP contribution in [-0.2, 0) is 4.79 Å².